The summed E-state index contributed by atoms with van der Waals surface area (Å²) in [7, 11) is 1.85. The highest BCUT2D eigenvalue weighted by atomic mass is 16.5. The van der Waals surface area contributed by atoms with Crippen molar-refractivity contribution in [1.82, 2.24) is 10.5 Å². The third-order valence-electron chi connectivity index (χ3n) is 1.94. The maximum absolute atomic E-state index is 5.07. The molecule has 0 saturated carbocycles. The van der Waals surface area contributed by atoms with Crippen LogP contribution in [0.2, 0.25) is 0 Å². The van der Waals surface area contributed by atoms with Gasteiger partial charge in [-0.15, -0.1) is 0 Å². The van der Waals surface area contributed by atoms with E-state index in [1.165, 1.54) is 5.56 Å². The van der Waals surface area contributed by atoms with Gasteiger partial charge in [-0.25, -0.2) is 0 Å². The lowest BCUT2D eigenvalue weighted by molar-refractivity contribution is 0.423. The van der Waals surface area contributed by atoms with Gasteiger partial charge in [0, 0.05) is 19.2 Å². The zero-order valence-electron chi connectivity index (χ0n) is 6.48. The van der Waals surface area contributed by atoms with Gasteiger partial charge < -0.3 is 15.2 Å². The van der Waals surface area contributed by atoms with E-state index in [-0.39, 0.29) is 0 Å². The molecule has 0 fully saturated rings. The number of aromatic nitrogens is 1. The molecule has 60 valence electrons. The summed E-state index contributed by atoms with van der Waals surface area (Å²) in [6.07, 6.45) is 1.01. The van der Waals surface area contributed by atoms with E-state index in [2.05, 4.69) is 15.8 Å². The van der Waals surface area contributed by atoms with Crippen LogP contribution in [-0.2, 0) is 13.0 Å². The van der Waals surface area contributed by atoms with Gasteiger partial charge in [-0.2, -0.15) is 0 Å². The Labute approximate surface area is 65.0 Å². The van der Waals surface area contributed by atoms with E-state index in [0.717, 1.165) is 31.1 Å². The lowest BCUT2D eigenvalue weighted by Crippen LogP contribution is -2.23. The maximum atomic E-state index is 5.07. The molecule has 0 unspecified atom stereocenters. The van der Waals surface area contributed by atoms with Gasteiger partial charge in [0.25, 0.3) is 0 Å². The topological polar surface area (TPSA) is 50.1 Å². The van der Waals surface area contributed by atoms with E-state index < -0.39 is 0 Å². The largest absolute Gasteiger partial charge is 0.357 e. The molecule has 4 nitrogen and oxygen atoms in total. The van der Waals surface area contributed by atoms with E-state index >= 15 is 0 Å². The summed E-state index contributed by atoms with van der Waals surface area (Å²) < 4.78 is 5.07. The summed E-state index contributed by atoms with van der Waals surface area (Å²) >= 11 is 0. The molecule has 0 amide bonds. The zero-order chi connectivity index (χ0) is 7.68. The third-order valence-corrected chi connectivity index (χ3v) is 1.94. The highest BCUT2D eigenvalue weighted by Gasteiger charge is 2.17. The number of rotatable bonds is 1. The van der Waals surface area contributed by atoms with Crippen LogP contribution >= 0.6 is 0 Å². The summed E-state index contributed by atoms with van der Waals surface area (Å²) in [5.41, 5.74) is 2.27. The predicted molar refractivity (Wildman–Crippen MR) is 41.5 cm³/mol. The van der Waals surface area contributed by atoms with Crippen LogP contribution in [0.25, 0.3) is 0 Å². The molecule has 2 rings (SSSR count). The SMILES string of the molecule is CNc1onc2c1CCNC2. The average Bonchev–Trinajstić information content (AvgIpc) is 2.47. The molecule has 1 aliphatic heterocycles. The lowest BCUT2D eigenvalue weighted by atomic mass is 10.1. The Morgan fingerprint density at radius 1 is 1.64 bits per heavy atom. The first-order valence-corrected chi connectivity index (χ1v) is 3.77. The second kappa shape index (κ2) is 2.54. The van der Waals surface area contributed by atoms with Gasteiger partial charge in [0.05, 0.1) is 0 Å². The Balaban J connectivity index is 2.38. The van der Waals surface area contributed by atoms with E-state index in [9.17, 15) is 0 Å². The minimum atomic E-state index is 0.821. The molecule has 11 heavy (non-hydrogen) atoms. The van der Waals surface area contributed by atoms with Crippen molar-refractivity contribution in [3.63, 3.8) is 0 Å². The molecule has 0 bridgehead atoms. The second-order valence-corrected chi connectivity index (χ2v) is 2.61. The maximum Gasteiger partial charge on any atom is 0.227 e. The second-order valence-electron chi connectivity index (χ2n) is 2.61. The minimum absolute atomic E-state index is 0.821. The standard InChI is InChI=1S/C7H11N3O/c1-8-7-5-2-3-9-4-6(5)10-11-7/h8-9H,2-4H2,1H3. The van der Waals surface area contributed by atoms with E-state index in [1.54, 1.807) is 0 Å². The van der Waals surface area contributed by atoms with Gasteiger partial charge in [0.1, 0.15) is 5.69 Å². The monoisotopic (exact) mass is 153 g/mol. The first-order chi connectivity index (χ1) is 5.42. The molecule has 0 spiro atoms. The number of nitrogens with zero attached hydrogens (tertiary/aromatic N) is 1. The van der Waals surface area contributed by atoms with Crippen LogP contribution in [0.4, 0.5) is 5.88 Å². The highest BCUT2D eigenvalue weighted by molar-refractivity contribution is 5.43. The average molecular weight is 153 g/mol. The van der Waals surface area contributed by atoms with Crippen molar-refractivity contribution >= 4 is 5.88 Å². The van der Waals surface area contributed by atoms with Crippen LogP contribution in [0.3, 0.4) is 0 Å². The van der Waals surface area contributed by atoms with Crippen LogP contribution in [-0.4, -0.2) is 18.7 Å². The first kappa shape index (κ1) is 6.67. The number of hydrogen-bond donors (Lipinski definition) is 2. The molecule has 0 aliphatic carbocycles. The molecular weight excluding hydrogens is 142 g/mol. The van der Waals surface area contributed by atoms with Gasteiger partial charge >= 0.3 is 0 Å². The first-order valence-electron chi connectivity index (χ1n) is 3.77. The van der Waals surface area contributed by atoms with E-state index in [1.807, 2.05) is 7.05 Å². The molecular formula is C7H11N3O. The molecule has 0 radical (unpaired) electrons. The molecule has 2 heterocycles. The van der Waals surface area contributed by atoms with Crippen LogP contribution in [0.15, 0.2) is 4.52 Å². The molecule has 4 heteroatoms. The van der Waals surface area contributed by atoms with Crippen LogP contribution in [0.5, 0.6) is 0 Å². The number of anilines is 1. The lowest BCUT2D eigenvalue weighted by Gasteiger charge is -2.10. The van der Waals surface area contributed by atoms with Crippen LogP contribution in [0, 0.1) is 0 Å². The Morgan fingerprint density at radius 3 is 3.36 bits per heavy atom. The Morgan fingerprint density at radius 2 is 2.55 bits per heavy atom. The fourth-order valence-corrected chi connectivity index (χ4v) is 1.36. The van der Waals surface area contributed by atoms with Crippen molar-refractivity contribution in [2.24, 2.45) is 0 Å². The van der Waals surface area contributed by atoms with Gasteiger partial charge in [0.2, 0.25) is 5.88 Å². The summed E-state index contributed by atoms with van der Waals surface area (Å²) in [5, 5.41) is 10.1. The molecule has 0 aromatic carbocycles. The molecule has 1 aromatic rings. The molecule has 2 N–H and O–H groups in total. The summed E-state index contributed by atoms with van der Waals surface area (Å²) in [5.74, 6) is 0.821. The third kappa shape index (κ3) is 0.991. The smallest absolute Gasteiger partial charge is 0.227 e. The Hall–Kier alpha value is -1.03. The number of hydrogen-bond acceptors (Lipinski definition) is 4. The molecule has 1 aromatic heterocycles. The summed E-state index contributed by atoms with van der Waals surface area (Å²) in [4.78, 5) is 0. The van der Waals surface area contributed by atoms with Crippen molar-refractivity contribution in [1.29, 1.82) is 0 Å². The quantitative estimate of drug-likeness (QED) is 0.611. The van der Waals surface area contributed by atoms with Crippen molar-refractivity contribution in [2.45, 2.75) is 13.0 Å². The summed E-state index contributed by atoms with van der Waals surface area (Å²) in [6.45, 7) is 1.85. The fraction of sp³-hybridized carbons (Fsp3) is 0.571. The highest BCUT2D eigenvalue weighted by Crippen LogP contribution is 2.21. The number of fused-ring (bicyclic) bond motifs is 1. The predicted octanol–water partition coefficient (Wildman–Crippen LogP) is 0.362. The normalized spacial score (nSPS) is 16.1. The Kier molecular flexibility index (Phi) is 1.54. The van der Waals surface area contributed by atoms with Crippen LogP contribution in [0.1, 0.15) is 11.3 Å². The fourth-order valence-electron chi connectivity index (χ4n) is 1.36. The molecule has 0 atom stereocenters. The van der Waals surface area contributed by atoms with Gasteiger partial charge in [-0.1, -0.05) is 5.16 Å². The zero-order valence-corrected chi connectivity index (χ0v) is 6.48. The van der Waals surface area contributed by atoms with Crippen LogP contribution < -0.4 is 10.6 Å². The Bertz CT molecular complexity index is 243. The van der Waals surface area contributed by atoms with Gasteiger partial charge in [-0.05, 0) is 13.0 Å². The van der Waals surface area contributed by atoms with Gasteiger partial charge in [0.15, 0.2) is 0 Å². The minimum Gasteiger partial charge on any atom is -0.357 e. The molecule has 0 saturated heterocycles. The van der Waals surface area contributed by atoms with E-state index in [0.29, 0.717) is 0 Å². The van der Waals surface area contributed by atoms with Crippen molar-refractivity contribution in [3.05, 3.63) is 11.3 Å². The van der Waals surface area contributed by atoms with Gasteiger partial charge in [-0.3, -0.25) is 0 Å². The van der Waals surface area contributed by atoms with E-state index in [4.69, 9.17) is 4.52 Å². The molecule has 1 aliphatic rings. The van der Waals surface area contributed by atoms with Crippen molar-refractivity contribution in [2.75, 3.05) is 18.9 Å². The van der Waals surface area contributed by atoms with Crippen molar-refractivity contribution in [3.8, 4) is 0 Å². The summed E-state index contributed by atoms with van der Waals surface area (Å²) in [6, 6.07) is 0. The number of nitrogens with one attached hydrogen (secondary N) is 2. The van der Waals surface area contributed by atoms with Crippen molar-refractivity contribution < 1.29 is 4.52 Å².